The maximum atomic E-state index is 13.9. The smallest absolute Gasteiger partial charge is 0.263 e. The molecule has 0 saturated carbocycles. The molecule has 1 amide bonds. The second kappa shape index (κ2) is 7.22. The van der Waals surface area contributed by atoms with E-state index in [1.807, 2.05) is 6.92 Å². The molecule has 0 spiro atoms. The van der Waals surface area contributed by atoms with Gasteiger partial charge in [0.15, 0.2) is 0 Å². The van der Waals surface area contributed by atoms with E-state index in [-0.39, 0.29) is 18.0 Å². The number of thiophene rings is 1. The number of halogens is 2. The summed E-state index contributed by atoms with van der Waals surface area (Å²) in [7, 11) is -4.12. The van der Waals surface area contributed by atoms with Crippen LogP contribution in [0.1, 0.15) is 20.9 Å². The molecule has 0 aliphatic carbocycles. The van der Waals surface area contributed by atoms with Crippen LogP contribution in [-0.2, 0) is 10.0 Å². The third kappa shape index (κ3) is 3.30. The summed E-state index contributed by atoms with van der Waals surface area (Å²) in [5.41, 5.74) is 8.01. The number of aryl methyl sites for hydroxylation is 2. The number of nitrogen functional groups attached to an aromatic ring is 1. The molecule has 30 heavy (non-hydrogen) atoms. The normalized spacial score (nSPS) is 15.3. The van der Waals surface area contributed by atoms with Gasteiger partial charge in [0.2, 0.25) is 10.0 Å². The van der Waals surface area contributed by atoms with Crippen molar-refractivity contribution in [3.8, 4) is 0 Å². The number of fused-ring (bicyclic) bond motifs is 1. The maximum Gasteiger partial charge on any atom is 0.263 e. The van der Waals surface area contributed by atoms with Crippen molar-refractivity contribution >= 4 is 43.2 Å². The standard InChI is InChI=1S/C18H17F2N5O3S2/c1-8-9(2)23-24-18-14(8)15(21)16(29-18)17(26)22-11-6-25(7-11)30(27,28)13-4-3-10(19)5-12(13)20/h3-5,11H,6-7,21H2,1-2H3,(H,22,26). The van der Waals surface area contributed by atoms with E-state index in [1.165, 1.54) is 0 Å². The molecular weight excluding hydrogens is 436 g/mol. The minimum atomic E-state index is -4.12. The highest BCUT2D eigenvalue weighted by Gasteiger charge is 2.39. The molecule has 3 aromatic rings. The van der Waals surface area contributed by atoms with Gasteiger partial charge in [-0.25, -0.2) is 17.2 Å². The third-order valence-electron chi connectivity index (χ3n) is 5.04. The second-order valence-electron chi connectivity index (χ2n) is 7.00. The van der Waals surface area contributed by atoms with Gasteiger partial charge < -0.3 is 11.1 Å². The second-order valence-corrected chi connectivity index (χ2v) is 9.91. The number of hydrogen-bond donors (Lipinski definition) is 2. The van der Waals surface area contributed by atoms with Crippen molar-refractivity contribution in [1.82, 2.24) is 19.8 Å². The molecule has 0 bridgehead atoms. The van der Waals surface area contributed by atoms with Crippen LogP contribution in [-0.4, -0.2) is 48.0 Å². The molecule has 0 unspecified atom stereocenters. The van der Waals surface area contributed by atoms with Crippen LogP contribution in [0.15, 0.2) is 23.1 Å². The first-order chi connectivity index (χ1) is 14.1. The van der Waals surface area contributed by atoms with Gasteiger partial charge >= 0.3 is 0 Å². The van der Waals surface area contributed by atoms with Crippen LogP contribution in [0.3, 0.4) is 0 Å². The molecule has 1 aromatic carbocycles. The maximum absolute atomic E-state index is 13.9. The Morgan fingerprint density at radius 3 is 2.63 bits per heavy atom. The molecule has 1 fully saturated rings. The van der Waals surface area contributed by atoms with Crippen molar-refractivity contribution in [3.05, 3.63) is 46.0 Å². The van der Waals surface area contributed by atoms with E-state index >= 15 is 0 Å². The number of aromatic nitrogens is 2. The Morgan fingerprint density at radius 1 is 1.27 bits per heavy atom. The fourth-order valence-electron chi connectivity index (χ4n) is 3.21. The average Bonchev–Trinajstić information content (AvgIpc) is 2.97. The Kier molecular flexibility index (Phi) is 4.95. The Bertz CT molecular complexity index is 1290. The highest BCUT2D eigenvalue weighted by molar-refractivity contribution is 7.89. The number of carbonyl (C=O) groups excluding carboxylic acids is 1. The number of anilines is 1. The summed E-state index contributed by atoms with van der Waals surface area (Å²) >= 11 is 1.11. The van der Waals surface area contributed by atoms with Crippen LogP contribution in [0.25, 0.3) is 10.2 Å². The number of hydrogen-bond acceptors (Lipinski definition) is 7. The Balaban J connectivity index is 1.48. The Labute approximate surface area is 174 Å². The van der Waals surface area contributed by atoms with E-state index in [9.17, 15) is 22.0 Å². The summed E-state index contributed by atoms with van der Waals surface area (Å²) in [6.07, 6.45) is 0. The monoisotopic (exact) mass is 453 g/mol. The van der Waals surface area contributed by atoms with Crippen molar-refractivity contribution in [2.75, 3.05) is 18.8 Å². The molecule has 2 aromatic heterocycles. The lowest BCUT2D eigenvalue weighted by atomic mass is 10.1. The van der Waals surface area contributed by atoms with Crippen molar-refractivity contribution in [2.45, 2.75) is 24.8 Å². The minimum Gasteiger partial charge on any atom is -0.397 e. The Hall–Kier alpha value is -2.70. The van der Waals surface area contributed by atoms with Gasteiger partial charge in [0, 0.05) is 24.5 Å². The molecule has 1 saturated heterocycles. The van der Waals surface area contributed by atoms with Gasteiger partial charge in [0.1, 0.15) is 26.2 Å². The summed E-state index contributed by atoms with van der Waals surface area (Å²) in [6.45, 7) is 3.58. The van der Waals surface area contributed by atoms with Crippen LogP contribution >= 0.6 is 11.3 Å². The zero-order valence-electron chi connectivity index (χ0n) is 15.9. The molecule has 12 heteroatoms. The number of amides is 1. The fourth-order valence-corrected chi connectivity index (χ4v) is 5.79. The lowest BCUT2D eigenvalue weighted by Gasteiger charge is -2.38. The van der Waals surface area contributed by atoms with Crippen LogP contribution in [0, 0.1) is 25.5 Å². The molecular formula is C18H17F2N5O3S2. The zero-order valence-corrected chi connectivity index (χ0v) is 17.6. The van der Waals surface area contributed by atoms with E-state index < -0.39 is 38.5 Å². The predicted molar refractivity (Wildman–Crippen MR) is 108 cm³/mol. The van der Waals surface area contributed by atoms with E-state index in [0.717, 1.165) is 33.3 Å². The van der Waals surface area contributed by atoms with Crippen LogP contribution in [0.5, 0.6) is 0 Å². The molecule has 0 atom stereocenters. The zero-order chi connectivity index (χ0) is 21.8. The quantitative estimate of drug-likeness (QED) is 0.624. The Morgan fingerprint density at radius 2 is 1.97 bits per heavy atom. The van der Waals surface area contributed by atoms with Crippen LogP contribution in [0.4, 0.5) is 14.5 Å². The minimum absolute atomic E-state index is 0.0341. The number of rotatable bonds is 4. The number of nitrogens with two attached hydrogens (primary N) is 1. The molecule has 3 heterocycles. The number of carbonyl (C=O) groups is 1. The van der Waals surface area contributed by atoms with E-state index in [0.29, 0.717) is 27.7 Å². The average molecular weight is 453 g/mol. The first-order valence-electron chi connectivity index (χ1n) is 8.87. The summed E-state index contributed by atoms with van der Waals surface area (Å²) < 4.78 is 52.9. The summed E-state index contributed by atoms with van der Waals surface area (Å²) in [4.78, 5) is 12.9. The van der Waals surface area contributed by atoms with Gasteiger partial charge in [0.05, 0.1) is 17.4 Å². The molecule has 1 aliphatic heterocycles. The van der Waals surface area contributed by atoms with E-state index in [1.54, 1.807) is 6.92 Å². The molecule has 0 radical (unpaired) electrons. The number of nitrogens with one attached hydrogen (secondary N) is 1. The van der Waals surface area contributed by atoms with E-state index in [2.05, 4.69) is 15.5 Å². The molecule has 4 rings (SSSR count). The lowest BCUT2D eigenvalue weighted by molar-refractivity contribution is 0.0900. The van der Waals surface area contributed by atoms with Gasteiger partial charge in [0.25, 0.3) is 5.91 Å². The van der Waals surface area contributed by atoms with E-state index in [4.69, 9.17) is 5.73 Å². The summed E-state index contributed by atoms with van der Waals surface area (Å²) in [5, 5.41) is 11.5. The molecule has 3 N–H and O–H groups in total. The summed E-state index contributed by atoms with van der Waals surface area (Å²) in [6, 6.07) is 1.82. The van der Waals surface area contributed by atoms with Crippen molar-refractivity contribution in [3.63, 3.8) is 0 Å². The predicted octanol–water partition coefficient (Wildman–Crippen LogP) is 1.97. The first kappa shape index (κ1) is 20.6. The van der Waals surface area contributed by atoms with Gasteiger partial charge in [-0.1, -0.05) is 0 Å². The van der Waals surface area contributed by atoms with Crippen LogP contribution in [0.2, 0.25) is 0 Å². The highest BCUT2D eigenvalue weighted by atomic mass is 32.2. The van der Waals surface area contributed by atoms with Gasteiger partial charge in [-0.15, -0.1) is 16.4 Å². The van der Waals surface area contributed by atoms with Gasteiger partial charge in [-0.3, -0.25) is 4.79 Å². The van der Waals surface area contributed by atoms with Crippen molar-refractivity contribution in [1.29, 1.82) is 0 Å². The lowest BCUT2D eigenvalue weighted by Crippen LogP contribution is -2.60. The third-order valence-corrected chi connectivity index (χ3v) is 7.99. The first-order valence-corrected chi connectivity index (χ1v) is 11.1. The fraction of sp³-hybridized carbons (Fsp3) is 0.278. The molecule has 8 nitrogen and oxygen atoms in total. The van der Waals surface area contributed by atoms with Crippen molar-refractivity contribution < 1.29 is 22.0 Å². The number of benzene rings is 1. The number of nitrogens with zero attached hydrogens (tertiary/aromatic N) is 3. The van der Waals surface area contributed by atoms with Gasteiger partial charge in [-0.05, 0) is 31.5 Å². The SMILES string of the molecule is Cc1nnc2sc(C(=O)NC3CN(S(=O)(=O)c4ccc(F)cc4F)C3)c(N)c2c1C. The largest absolute Gasteiger partial charge is 0.397 e. The highest BCUT2D eigenvalue weighted by Crippen LogP contribution is 2.35. The summed E-state index contributed by atoms with van der Waals surface area (Å²) in [5.74, 6) is -2.47. The molecule has 1 aliphatic rings. The van der Waals surface area contributed by atoms with Gasteiger partial charge in [-0.2, -0.15) is 9.40 Å². The van der Waals surface area contributed by atoms with Crippen LogP contribution < -0.4 is 11.1 Å². The molecule has 158 valence electrons. The topological polar surface area (TPSA) is 118 Å². The number of sulfonamides is 1. The van der Waals surface area contributed by atoms with Crippen molar-refractivity contribution in [2.24, 2.45) is 0 Å².